The number of nitrogens with one attached hydrogen (secondary N) is 2. The third-order valence-corrected chi connectivity index (χ3v) is 3.85. The quantitative estimate of drug-likeness (QED) is 0.731. The van der Waals surface area contributed by atoms with Gasteiger partial charge in [-0.2, -0.15) is 5.10 Å². The van der Waals surface area contributed by atoms with E-state index in [1.807, 2.05) is 19.2 Å². The summed E-state index contributed by atoms with van der Waals surface area (Å²) in [5.41, 5.74) is 10.2. The van der Waals surface area contributed by atoms with E-state index in [0.29, 0.717) is 11.3 Å². The number of fused-ring (bicyclic) bond motifs is 1. The van der Waals surface area contributed by atoms with Gasteiger partial charge in [-0.1, -0.05) is 6.07 Å². The van der Waals surface area contributed by atoms with E-state index in [0.717, 1.165) is 30.5 Å². The van der Waals surface area contributed by atoms with Gasteiger partial charge in [0.25, 0.3) is 5.91 Å². The van der Waals surface area contributed by atoms with Gasteiger partial charge in [0.15, 0.2) is 0 Å². The molecule has 0 aliphatic heterocycles. The van der Waals surface area contributed by atoms with Crippen LogP contribution in [0.15, 0.2) is 24.4 Å². The number of aryl methyl sites for hydroxylation is 2. The summed E-state index contributed by atoms with van der Waals surface area (Å²) in [6, 6.07) is 5.41. The molecule has 1 aromatic carbocycles. The third-order valence-electron chi connectivity index (χ3n) is 3.85. The van der Waals surface area contributed by atoms with Crippen LogP contribution in [0.1, 0.15) is 46.1 Å². The van der Waals surface area contributed by atoms with Crippen molar-refractivity contribution in [1.29, 1.82) is 0 Å². The van der Waals surface area contributed by atoms with E-state index in [4.69, 9.17) is 5.73 Å². The van der Waals surface area contributed by atoms with E-state index < -0.39 is 0 Å². The van der Waals surface area contributed by atoms with Crippen molar-refractivity contribution in [2.75, 3.05) is 5.73 Å². The van der Waals surface area contributed by atoms with Crippen molar-refractivity contribution in [3.63, 3.8) is 0 Å². The number of hydrogen-bond acceptors (Lipinski definition) is 3. The monoisotopic (exact) mass is 270 g/mol. The molecule has 1 heterocycles. The summed E-state index contributed by atoms with van der Waals surface area (Å²) in [7, 11) is 0. The maximum absolute atomic E-state index is 12.4. The lowest BCUT2D eigenvalue weighted by atomic mass is 9.93. The molecule has 0 spiro atoms. The highest BCUT2D eigenvalue weighted by atomic mass is 16.1. The molecule has 2 aromatic rings. The van der Waals surface area contributed by atoms with E-state index >= 15 is 0 Å². The molecule has 104 valence electrons. The van der Waals surface area contributed by atoms with Crippen molar-refractivity contribution < 1.29 is 4.79 Å². The molecule has 5 heteroatoms. The maximum Gasteiger partial charge on any atom is 0.252 e. The Hall–Kier alpha value is -2.30. The van der Waals surface area contributed by atoms with E-state index in [9.17, 15) is 4.79 Å². The first-order chi connectivity index (χ1) is 9.65. The van der Waals surface area contributed by atoms with Gasteiger partial charge in [-0.05, 0) is 49.4 Å². The molecule has 0 fully saturated rings. The van der Waals surface area contributed by atoms with Gasteiger partial charge in [-0.25, -0.2) is 0 Å². The third kappa shape index (κ3) is 2.27. The van der Waals surface area contributed by atoms with Crippen molar-refractivity contribution in [3.8, 4) is 0 Å². The number of H-pyrrole nitrogens is 1. The fourth-order valence-electron chi connectivity index (χ4n) is 2.73. The predicted octanol–water partition coefficient (Wildman–Crippen LogP) is 2.11. The highest BCUT2D eigenvalue weighted by molar-refractivity contribution is 5.96. The van der Waals surface area contributed by atoms with Gasteiger partial charge < -0.3 is 11.1 Å². The standard InChI is InChI=1S/C15H18N4O/c1-9-5-6-11(16)7-12(9)15(20)18-13-4-2-3-10-8-17-19-14(10)13/h5-8,13H,2-4,16H2,1H3,(H,17,19)(H,18,20). The molecule has 0 bridgehead atoms. The van der Waals surface area contributed by atoms with Crippen LogP contribution in [0.5, 0.6) is 0 Å². The van der Waals surface area contributed by atoms with Gasteiger partial charge in [0.05, 0.1) is 17.9 Å². The normalized spacial score (nSPS) is 17.6. The van der Waals surface area contributed by atoms with Crippen LogP contribution in [-0.4, -0.2) is 16.1 Å². The van der Waals surface area contributed by atoms with Gasteiger partial charge in [-0.3, -0.25) is 9.89 Å². The number of carbonyl (C=O) groups is 1. The molecule has 1 amide bonds. The van der Waals surface area contributed by atoms with Crippen LogP contribution in [0, 0.1) is 6.92 Å². The molecular weight excluding hydrogens is 252 g/mol. The molecule has 1 unspecified atom stereocenters. The molecule has 1 aromatic heterocycles. The van der Waals surface area contributed by atoms with Crippen molar-refractivity contribution in [2.24, 2.45) is 0 Å². The number of aromatic nitrogens is 2. The maximum atomic E-state index is 12.4. The molecule has 1 aliphatic rings. The number of aromatic amines is 1. The zero-order chi connectivity index (χ0) is 14.1. The van der Waals surface area contributed by atoms with Gasteiger partial charge >= 0.3 is 0 Å². The second-order valence-corrected chi connectivity index (χ2v) is 5.30. The van der Waals surface area contributed by atoms with Gasteiger partial charge in [0, 0.05) is 11.3 Å². The first kappa shape index (κ1) is 12.7. The zero-order valence-electron chi connectivity index (χ0n) is 11.4. The lowest BCUT2D eigenvalue weighted by Gasteiger charge is -2.23. The van der Waals surface area contributed by atoms with Crippen molar-refractivity contribution in [3.05, 3.63) is 46.8 Å². The van der Waals surface area contributed by atoms with Crippen LogP contribution < -0.4 is 11.1 Å². The summed E-state index contributed by atoms with van der Waals surface area (Å²) in [6.07, 6.45) is 4.87. The smallest absolute Gasteiger partial charge is 0.252 e. The van der Waals surface area contributed by atoms with Crippen molar-refractivity contribution in [1.82, 2.24) is 15.5 Å². The highest BCUT2D eigenvalue weighted by Gasteiger charge is 2.24. The second kappa shape index (κ2) is 5.00. The van der Waals surface area contributed by atoms with E-state index in [1.165, 1.54) is 5.56 Å². The zero-order valence-corrected chi connectivity index (χ0v) is 11.4. The summed E-state index contributed by atoms with van der Waals surface area (Å²) in [5, 5.41) is 10.2. The van der Waals surface area contributed by atoms with Crippen LogP contribution >= 0.6 is 0 Å². The number of amides is 1. The van der Waals surface area contributed by atoms with Crippen LogP contribution in [0.3, 0.4) is 0 Å². The molecule has 0 saturated carbocycles. The van der Waals surface area contributed by atoms with Gasteiger partial charge in [-0.15, -0.1) is 0 Å². The Morgan fingerprint density at radius 1 is 1.50 bits per heavy atom. The Labute approximate surface area is 117 Å². The van der Waals surface area contributed by atoms with Crippen molar-refractivity contribution >= 4 is 11.6 Å². The number of rotatable bonds is 2. The lowest BCUT2D eigenvalue weighted by Crippen LogP contribution is -2.31. The van der Waals surface area contributed by atoms with Gasteiger partial charge in [0.1, 0.15) is 0 Å². The van der Waals surface area contributed by atoms with Crippen LogP contribution in [0.4, 0.5) is 5.69 Å². The molecular formula is C15H18N4O. The Bertz CT molecular complexity index is 647. The number of nitrogens with zero attached hydrogens (tertiary/aromatic N) is 1. The van der Waals surface area contributed by atoms with E-state index in [-0.39, 0.29) is 11.9 Å². The fourth-order valence-corrected chi connectivity index (χ4v) is 2.73. The summed E-state index contributed by atoms with van der Waals surface area (Å²) < 4.78 is 0. The number of nitrogen functional groups attached to an aromatic ring is 1. The minimum atomic E-state index is -0.0813. The summed E-state index contributed by atoms with van der Waals surface area (Å²) >= 11 is 0. The molecule has 0 radical (unpaired) electrons. The Morgan fingerprint density at radius 3 is 3.20 bits per heavy atom. The van der Waals surface area contributed by atoms with Crippen molar-refractivity contribution in [2.45, 2.75) is 32.2 Å². The molecule has 4 N–H and O–H groups in total. The molecule has 3 rings (SSSR count). The molecule has 0 saturated heterocycles. The lowest BCUT2D eigenvalue weighted by molar-refractivity contribution is 0.0931. The fraction of sp³-hybridized carbons (Fsp3) is 0.333. The van der Waals surface area contributed by atoms with Crippen LogP contribution in [0.25, 0.3) is 0 Å². The first-order valence-corrected chi connectivity index (χ1v) is 6.84. The Kier molecular flexibility index (Phi) is 3.18. The molecule has 20 heavy (non-hydrogen) atoms. The minimum absolute atomic E-state index is 0.00887. The number of hydrogen-bond donors (Lipinski definition) is 3. The van der Waals surface area contributed by atoms with E-state index in [2.05, 4.69) is 15.5 Å². The topological polar surface area (TPSA) is 83.8 Å². The SMILES string of the molecule is Cc1ccc(N)cc1C(=O)NC1CCCc2cn[nH]c21. The first-order valence-electron chi connectivity index (χ1n) is 6.84. The summed E-state index contributed by atoms with van der Waals surface area (Å²) in [6.45, 7) is 1.91. The summed E-state index contributed by atoms with van der Waals surface area (Å²) in [5.74, 6) is -0.0813. The average Bonchev–Trinajstić information content (AvgIpc) is 2.91. The summed E-state index contributed by atoms with van der Waals surface area (Å²) in [4.78, 5) is 12.4. The number of nitrogens with two attached hydrogens (primary N) is 1. The highest BCUT2D eigenvalue weighted by Crippen LogP contribution is 2.28. The number of anilines is 1. The average molecular weight is 270 g/mol. The van der Waals surface area contributed by atoms with Crippen LogP contribution in [-0.2, 0) is 6.42 Å². The second-order valence-electron chi connectivity index (χ2n) is 5.30. The molecule has 1 atom stereocenters. The minimum Gasteiger partial charge on any atom is -0.399 e. The Balaban J connectivity index is 1.82. The largest absolute Gasteiger partial charge is 0.399 e. The predicted molar refractivity (Wildman–Crippen MR) is 77.3 cm³/mol. The number of carbonyl (C=O) groups excluding carboxylic acids is 1. The Morgan fingerprint density at radius 2 is 2.35 bits per heavy atom. The van der Waals surface area contributed by atoms with Crippen LogP contribution in [0.2, 0.25) is 0 Å². The molecule has 1 aliphatic carbocycles. The number of benzene rings is 1. The van der Waals surface area contributed by atoms with Gasteiger partial charge in [0.2, 0.25) is 0 Å². The molecule has 5 nitrogen and oxygen atoms in total. The van der Waals surface area contributed by atoms with E-state index in [1.54, 1.807) is 12.1 Å².